The van der Waals surface area contributed by atoms with E-state index in [2.05, 4.69) is 19.2 Å². The number of nitrogens with one attached hydrogen (secondary N) is 1. The molecule has 1 amide bonds. The van der Waals surface area contributed by atoms with Crippen molar-refractivity contribution in [2.24, 2.45) is 5.92 Å². The summed E-state index contributed by atoms with van der Waals surface area (Å²) in [7, 11) is 0. The first-order chi connectivity index (χ1) is 7.20. The maximum absolute atomic E-state index is 11.6. The molecule has 1 fully saturated rings. The first-order valence-corrected chi connectivity index (χ1v) is 6.18. The van der Waals surface area contributed by atoms with Crippen LogP contribution in [0.15, 0.2) is 0 Å². The van der Waals surface area contributed by atoms with Gasteiger partial charge >= 0.3 is 0 Å². The molecule has 0 spiro atoms. The SMILES string of the molecule is CC(C)CCCNCC(=O)N1CCCC1. The summed E-state index contributed by atoms with van der Waals surface area (Å²) in [6.07, 6.45) is 4.77. The summed E-state index contributed by atoms with van der Waals surface area (Å²) in [6, 6.07) is 0. The van der Waals surface area contributed by atoms with E-state index in [0.29, 0.717) is 6.54 Å². The molecule has 0 aromatic heterocycles. The van der Waals surface area contributed by atoms with Crippen LogP contribution in [0.1, 0.15) is 39.5 Å². The molecular formula is C12H24N2O. The van der Waals surface area contributed by atoms with Gasteiger partial charge in [-0.25, -0.2) is 0 Å². The lowest BCUT2D eigenvalue weighted by Crippen LogP contribution is -2.36. The van der Waals surface area contributed by atoms with Crippen LogP contribution in [0.4, 0.5) is 0 Å². The molecule has 0 saturated carbocycles. The number of rotatable bonds is 6. The van der Waals surface area contributed by atoms with Crippen molar-refractivity contribution in [2.45, 2.75) is 39.5 Å². The maximum Gasteiger partial charge on any atom is 0.236 e. The zero-order valence-corrected chi connectivity index (χ0v) is 10.1. The molecule has 0 aliphatic carbocycles. The standard InChI is InChI=1S/C12H24N2O/c1-11(2)6-5-7-13-10-12(15)14-8-3-4-9-14/h11,13H,3-10H2,1-2H3. The fourth-order valence-electron chi connectivity index (χ4n) is 1.91. The highest BCUT2D eigenvalue weighted by atomic mass is 16.2. The molecule has 1 N–H and O–H groups in total. The number of carbonyl (C=O) groups is 1. The van der Waals surface area contributed by atoms with Crippen LogP contribution < -0.4 is 5.32 Å². The van der Waals surface area contributed by atoms with Gasteiger partial charge in [-0.1, -0.05) is 13.8 Å². The van der Waals surface area contributed by atoms with E-state index in [9.17, 15) is 4.79 Å². The molecule has 1 aliphatic rings. The van der Waals surface area contributed by atoms with Crippen molar-refractivity contribution >= 4 is 5.91 Å². The second-order valence-electron chi connectivity index (χ2n) is 4.80. The molecule has 0 aromatic carbocycles. The zero-order chi connectivity index (χ0) is 11.1. The lowest BCUT2D eigenvalue weighted by molar-refractivity contribution is -0.129. The van der Waals surface area contributed by atoms with E-state index in [-0.39, 0.29) is 5.91 Å². The van der Waals surface area contributed by atoms with Gasteiger partial charge < -0.3 is 10.2 Å². The molecule has 3 nitrogen and oxygen atoms in total. The molecule has 0 atom stereocenters. The third kappa shape index (κ3) is 5.17. The molecule has 0 radical (unpaired) electrons. The fraction of sp³-hybridized carbons (Fsp3) is 0.917. The lowest BCUT2D eigenvalue weighted by Gasteiger charge is -2.15. The van der Waals surface area contributed by atoms with Crippen molar-refractivity contribution < 1.29 is 4.79 Å². The summed E-state index contributed by atoms with van der Waals surface area (Å²) >= 11 is 0. The average molecular weight is 212 g/mol. The molecule has 1 rings (SSSR count). The molecule has 0 unspecified atom stereocenters. The van der Waals surface area contributed by atoms with Crippen molar-refractivity contribution in [3.05, 3.63) is 0 Å². The Morgan fingerprint density at radius 1 is 1.33 bits per heavy atom. The van der Waals surface area contributed by atoms with Crippen LogP contribution in [0.25, 0.3) is 0 Å². The van der Waals surface area contributed by atoms with Gasteiger partial charge in [0.1, 0.15) is 0 Å². The van der Waals surface area contributed by atoms with Crippen LogP contribution >= 0.6 is 0 Å². The minimum atomic E-state index is 0.275. The average Bonchev–Trinajstić information content (AvgIpc) is 2.69. The summed E-state index contributed by atoms with van der Waals surface area (Å²) in [6.45, 7) is 7.89. The van der Waals surface area contributed by atoms with Gasteiger partial charge in [0.15, 0.2) is 0 Å². The van der Waals surface area contributed by atoms with Gasteiger partial charge in [0.2, 0.25) is 5.91 Å². The fourth-order valence-corrected chi connectivity index (χ4v) is 1.91. The van der Waals surface area contributed by atoms with Gasteiger partial charge in [-0.2, -0.15) is 0 Å². The van der Waals surface area contributed by atoms with E-state index in [4.69, 9.17) is 0 Å². The van der Waals surface area contributed by atoms with Crippen LogP contribution in [0.5, 0.6) is 0 Å². The Bertz CT molecular complexity index is 186. The molecular weight excluding hydrogens is 188 g/mol. The van der Waals surface area contributed by atoms with Gasteiger partial charge in [0.25, 0.3) is 0 Å². The summed E-state index contributed by atoms with van der Waals surface area (Å²) in [5.41, 5.74) is 0. The Morgan fingerprint density at radius 2 is 2.00 bits per heavy atom. The topological polar surface area (TPSA) is 32.3 Å². The van der Waals surface area contributed by atoms with Gasteiger partial charge in [0, 0.05) is 13.1 Å². The highest BCUT2D eigenvalue weighted by Crippen LogP contribution is 2.06. The van der Waals surface area contributed by atoms with E-state index in [1.165, 1.54) is 25.7 Å². The minimum absolute atomic E-state index is 0.275. The molecule has 1 heterocycles. The Balaban J connectivity index is 1.97. The molecule has 1 aliphatic heterocycles. The number of hydrogen-bond acceptors (Lipinski definition) is 2. The predicted molar refractivity (Wildman–Crippen MR) is 62.8 cm³/mol. The zero-order valence-electron chi connectivity index (χ0n) is 10.1. The summed E-state index contributed by atoms with van der Waals surface area (Å²) in [4.78, 5) is 13.6. The van der Waals surface area contributed by atoms with Crippen molar-refractivity contribution in [1.29, 1.82) is 0 Å². The molecule has 88 valence electrons. The first-order valence-electron chi connectivity index (χ1n) is 6.18. The van der Waals surface area contributed by atoms with Crippen molar-refractivity contribution in [1.82, 2.24) is 10.2 Å². The number of amides is 1. The van der Waals surface area contributed by atoms with Gasteiger partial charge in [0.05, 0.1) is 6.54 Å². The number of hydrogen-bond donors (Lipinski definition) is 1. The second kappa shape index (κ2) is 6.83. The monoisotopic (exact) mass is 212 g/mol. The Morgan fingerprint density at radius 3 is 2.60 bits per heavy atom. The normalized spacial score (nSPS) is 16.3. The maximum atomic E-state index is 11.6. The third-order valence-electron chi connectivity index (χ3n) is 2.87. The summed E-state index contributed by atoms with van der Waals surface area (Å²) < 4.78 is 0. The Hall–Kier alpha value is -0.570. The lowest BCUT2D eigenvalue weighted by atomic mass is 10.1. The van der Waals surface area contributed by atoms with Crippen LogP contribution in [0, 0.1) is 5.92 Å². The third-order valence-corrected chi connectivity index (χ3v) is 2.87. The Kier molecular flexibility index (Phi) is 5.69. The van der Waals surface area contributed by atoms with Gasteiger partial charge in [-0.15, -0.1) is 0 Å². The van der Waals surface area contributed by atoms with Crippen molar-refractivity contribution in [3.8, 4) is 0 Å². The predicted octanol–water partition coefficient (Wildman–Crippen LogP) is 1.63. The number of carbonyl (C=O) groups excluding carboxylic acids is 1. The van der Waals surface area contributed by atoms with E-state index >= 15 is 0 Å². The van der Waals surface area contributed by atoms with Gasteiger partial charge in [-0.05, 0) is 38.1 Å². The van der Waals surface area contributed by atoms with E-state index < -0.39 is 0 Å². The summed E-state index contributed by atoms with van der Waals surface area (Å²) in [5, 5.41) is 3.23. The highest BCUT2D eigenvalue weighted by Gasteiger charge is 2.16. The molecule has 0 aromatic rings. The Labute approximate surface area is 93.2 Å². The van der Waals surface area contributed by atoms with E-state index in [1.807, 2.05) is 4.90 Å². The highest BCUT2D eigenvalue weighted by molar-refractivity contribution is 5.78. The van der Waals surface area contributed by atoms with Crippen molar-refractivity contribution in [2.75, 3.05) is 26.2 Å². The second-order valence-corrected chi connectivity index (χ2v) is 4.80. The number of nitrogens with zero attached hydrogens (tertiary/aromatic N) is 1. The minimum Gasteiger partial charge on any atom is -0.342 e. The largest absolute Gasteiger partial charge is 0.342 e. The van der Waals surface area contributed by atoms with Crippen LogP contribution in [-0.4, -0.2) is 37.0 Å². The smallest absolute Gasteiger partial charge is 0.236 e. The van der Waals surface area contributed by atoms with E-state index in [0.717, 1.165) is 25.6 Å². The van der Waals surface area contributed by atoms with Crippen molar-refractivity contribution in [3.63, 3.8) is 0 Å². The first kappa shape index (κ1) is 12.5. The van der Waals surface area contributed by atoms with E-state index in [1.54, 1.807) is 0 Å². The van der Waals surface area contributed by atoms with Crippen LogP contribution in [0.3, 0.4) is 0 Å². The molecule has 15 heavy (non-hydrogen) atoms. The molecule has 3 heteroatoms. The summed E-state index contributed by atoms with van der Waals surface area (Å²) in [5.74, 6) is 1.04. The molecule has 0 bridgehead atoms. The quantitative estimate of drug-likeness (QED) is 0.679. The van der Waals surface area contributed by atoms with Crippen LogP contribution in [-0.2, 0) is 4.79 Å². The van der Waals surface area contributed by atoms with Gasteiger partial charge in [-0.3, -0.25) is 4.79 Å². The molecule has 1 saturated heterocycles. The number of likely N-dealkylation sites (tertiary alicyclic amines) is 1. The van der Waals surface area contributed by atoms with Crippen LogP contribution in [0.2, 0.25) is 0 Å².